The average molecular weight is 278 g/mol. The predicted octanol–water partition coefficient (Wildman–Crippen LogP) is 3.60. The Morgan fingerprint density at radius 2 is 1.89 bits per heavy atom. The maximum atomic E-state index is 10.4. The number of halogens is 1. The topological polar surface area (TPSA) is 42.4 Å². The van der Waals surface area contributed by atoms with Crippen molar-refractivity contribution >= 4 is 11.6 Å². The van der Waals surface area contributed by atoms with Gasteiger partial charge in [0.1, 0.15) is 11.9 Å². The summed E-state index contributed by atoms with van der Waals surface area (Å²) in [6.07, 6.45) is 0.741. The van der Waals surface area contributed by atoms with E-state index in [9.17, 15) is 5.11 Å². The molecule has 1 unspecified atom stereocenters. The Morgan fingerprint density at radius 3 is 2.53 bits per heavy atom. The second-order valence-corrected chi connectivity index (χ2v) is 4.94. The van der Waals surface area contributed by atoms with Gasteiger partial charge in [0.15, 0.2) is 0 Å². The SMILES string of the molecule is CC(C)Oc1ccccc1C(O)c1ccc(Cl)cn1. The van der Waals surface area contributed by atoms with Gasteiger partial charge in [0.25, 0.3) is 0 Å². The molecule has 0 aliphatic heterocycles. The van der Waals surface area contributed by atoms with Gasteiger partial charge >= 0.3 is 0 Å². The number of benzene rings is 1. The van der Waals surface area contributed by atoms with Crippen molar-refractivity contribution < 1.29 is 9.84 Å². The summed E-state index contributed by atoms with van der Waals surface area (Å²) < 4.78 is 5.70. The molecule has 0 saturated heterocycles. The van der Waals surface area contributed by atoms with Crippen LogP contribution in [-0.2, 0) is 0 Å². The number of para-hydroxylation sites is 1. The molecule has 1 heterocycles. The molecule has 0 fully saturated rings. The molecule has 0 amide bonds. The zero-order valence-electron chi connectivity index (χ0n) is 10.9. The molecule has 19 heavy (non-hydrogen) atoms. The van der Waals surface area contributed by atoms with Gasteiger partial charge in [0.2, 0.25) is 0 Å². The fourth-order valence-corrected chi connectivity index (χ4v) is 1.89. The van der Waals surface area contributed by atoms with Gasteiger partial charge in [0, 0.05) is 11.8 Å². The largest absolute Gasteiger partial charge is 0.491 e. The first-order chi connectivity index (χ1) is 9.08. The van der Waals surface area contributed by atoms with E-state index in [0.29, 0.717) is 22.0 Å². The van der Waals surface area contributed by atoms with E-state index in [2.05, 4.69) is 4.98 Å². The number of nitrogens with zero attached hydrogens (tertiary/aromatic N) is 1. The van der Waals surface area contributed by atoms with E-state index >= 15 is 0 Å². The monoisotopic (exact) mass is 277 g/mol. The van der Waals surface area contributed by atoms with Crippen LogP contribution in [0.5, 0.6) is 5.75 Å². The number of aromatic nitrogens is 1. The lowest BCUT2D eigenvalue weighted by molar-refractivity contribution is 0.195. The predicted molar refractivity (Wildman–Crippen MR) is 75.5 cm³/mol. The molecular formula is C15H16ClNO2. The van der Waals surface area contributed by atoms with Crippen LogP contribution < -0.4 is 4.74 Å². The second kappa shape index (κ2) is 6.04. The van der Waals surface area contributed by atoms with Crippen LogP contribution in [0.1, 0.15) is 31.2 Å². The minimum Gasteiger partial charge on any atom is -0.491 e. The van der Waals surface area contributed by atoms with Crippen molar-refractivity contribution in [2.75, 3.05) is 0 Å². The highest BCUT2D eigenvalue weighted by Crippen LogP contribution is 2.29. The van der Waals surface area contributed by atoms with Crippen LogP contribution in [0.3, 0.4) is 0 Å². The Bertz CT molecular complexity index is 540. The number of aliphatic hydroxyl groups is 1. The molecule has 1 aromatic heterocycles. The summed E-state index contributed by atoms with van der Waals surface area (Å²) in [5.41, 5.74) is 1.25. The van der Waals surface area contributed by atoms with Crippen molar-refractivity contribution in [3.63, 3.8) is 0 Å². The summed E-state index contributed by atoms with van der Waals surface area (Å²) in [4.78, 5) is 4.14. The Morgan fingerprint density at radius 1 is 1.16 bits per heavy atom. The lowest BCUT2D eigenvalue weighted by Crippen LogP contribution is -2.10. The molecule has 2 aromatic rings. The molecule has 0 saturated carbocycles. The molecule has 3 nitrogen and oxygen atoms in total. The first kappa shape index (κ1) is 13.8. The van der Waals surface area contributed by atoms with E-state index in [1.807, 2.05) is 38.1 Å². The van der Waals surface area contributed by atoms with Gasteiger partial charge in [-0.2, -0.15) is 0 Å². The summed E-state index contributed by atoms with van der Waals surface area (Å²) in [5, 5.41) is 10.9. The van der Waals surface area contributed by atoms with Crippen LogP contribution in [-0.4, -0.2) is 16.2 Å². The number of aliphatic hydroxyl groups excluding tert-OH is 1. The van der Waals surface area contributed by atoms with E-state index in [1.54, 1.807) is 12.1 Å². The van der Waals surface area contributed by atoms with Crippen molar-refractivity contribution in [1.29, 1.82) is 0 Å². The number of pyridine rings is 1. The summed E-state index contributed by atoms with van der Waals surface area (Å²) in [5.74, 6) is 0.668. The van der Waals surface area contributed by atoms with Gasteiger partial charge < -0.3 is 9.84 Å². The van der Waals surface area contributed by atoms with Crippen LogP contribution in [0.15, 0.2) is 42.6 Å². The van der Waals surface area contributed by atoms with E-state index in [-0.39, 0.29) is 6.10 Å². The highest BCUT2D eigenvalue weighted by Gasteiger charge is 2.17. The van der Waals surface area contributed by atoms with Gasteiger partial charge in [-0.3, -0.25) is 4.98 Å². The van der Waals surface area contributed by atoms with E-state index in [4.69, 9.17) is 16.3 Å². The first-order valence-corrected chi connectivity index (χ1v) is 6.51. The van der Waals surface area contributed by atoms with Gasteiger partial charge in [-0.25, -0.2) is 0 Å². The molecule has 0 spiro atoms. The van der Waals surface area contributed by atoms with Gasteiger partial charge in [0.05, 0.1) is 16.8 Å². The number of ether oxygens (including phenoxy) is 1. The third-order valence-electron chi connectivity index (χ3n) is 2.61. The highest BCUT2D eigenvalue weighted by atomic mass is 35.5. The maximum absolute atomic E-state index is 10.4. The number of hydrogen-bond donors (Lipinski definition) is 1. The smallest absolute Gasteiger partial charge is 0.125 e. The Kier molecular flexibility index (Phi) is 4.40. The Hall–Kier alpha value is -1.58. The molecule has 0 radical (unpaired) electrons. The van der Waals surface area contributed by atoms with E-state index in [1.165, 1.54) is 6.20 Å². The van der Waals surface area contributed by atoms with Crippen molar-refractivity contribution in [2.24, 2.45) is 0 Å². The van der Waals surface area contributed by atoms with Crippen LogP contribution in [0, 0.1) is 0 Å². The molecule has 0 aliphatic rings. The standard InChI is InChI=1S/C15H16ClNO2/c1-10(2)19-14-6-4-3-5-12(14)15(18)13-8-7-11(16)9-17-13/h3-10,15,18H,1-2H3. The molecule has 1 N–H and O–H groups in total. The molecule has 1 atom stereocenters. The summed E-state index contributed by atoms with van der Waals surface area (Å²) in [6.45, 7) is 3.90. The minimum atomic E-state index is -0.827. The summed E-state index contributed by atoms with van der Waals surface area (Å²) in [7, 11) is 0. The van der Waals surface area contributed by atoms with Gasteiger partial charge in [-0.15, -0.1) is 0 Å². The zero-order valence-corrected chi connectivity index (χ0v) is 11.6. The Balaban J connectivity index is 2.32. The van der Waals surface area contributed by atoms with Crippen molar-refractivity contribution in [2.45, 2.75) is 26.1 Å². The zero-order chi connectivity index (χ0) is 13.8. The van der Waals surface area contributed by atoms with Crippen molar-refractivity contribution in [3.8, 4) is 5.75 Å². The second-order valence-electron chi connectivity index (χ2n) is 4.51. The maximum Gasteiger partial charge on any atom is 0.125 e. The average Bonchev–Trinajstić information content (AvgIpc) is 2.39. The van der Waals surface area contributed by atoms with Crippen molar-refractivity contribution in [1.82, 2.24) is 4.98 Å². The molecular weight excluding hydrogens is 262 g/mol. The van der Waals surface area contributed by atoms with Crippen LogP contribution >= 0.6 is 11.6 Å². The molecule has 1 aromatic carbocycles. The first-order valence-electron chi connectivity index (χ1n) is 6.13. The summed E-state index contributed by atoms with van der Waals surface area (Å²) in [6, 6.07) is 10.8. The molecule has 0 aliphatic carbocycles. The minimum absolute atomic E-state index is 0.0477. The van der Waals surface area contributed by atoms with Crippen LogP contribution in [0.25, 0.3) is 0 Å². The van der Waals surface area contributed by atoms with E-state index in [0.717, 1.165) is 0 Å². The number of hydrogen-bond acceptors (Lipinski definition) is 3. The van der Waals surface area contributed by atoms with E-state index < -0.39 is 6.10 Å². The molecule has 4 heteroatoms. The lowest BCUT2D eigenvalue weighted by Gasteiger charge is -2.17. The van der Waals surface area contributed by atoms with Crippen LogP contribution in [0.4, 0.5) is 0 Å². The quantitative estimate of drug-likeness (QED) is 0.928. The highest BCUT2D eigenvalue weighted by molar-refractivity contribution is 6.30. The van der Waals surface area contributed by atoms with Crippen molar-refractivity contribution in [3.05, 3.63) is 58.9 Å². The molecule has 2 rings (SSSR count). The third-order valence-corrected chi connectivity index (χ3v) is 2.83. The molecule has 0 bridgehead atoms. The number of rotatable bonds is 4. The lowest BCUT2D eigenvalue weighted by atomic mass is 10.0. The van der Waals surface area contributed by atoms with Gasteiger partial charge in [-0.05, 0) is 32.0 Å². The summed E-state index contributed by atoms with van der Waals surface area (Å²) >= 11 is 5.79. The fraction of sp³-hybridized carbons (Fsp3) is 0.267. The fourth-order valence-electron chi connectivity index (χ4n) is 1.78. The third kappa shape index (κ3) is 3.46. The van der Waals surface area contributed by atoms with Crippen LogP contribution in [0.2, 0.25) is 5.02 Å². The Labute approximate surface area is 117 Å². The molecule has 100 valence electrons. The van der Waals surface area contributed by atoms with Gasteiger partial charge in [-0.1, -0.05) is 29.8 Å². The normalized spacial score (nSPS) is 12.5.